The summed E-state index contributed by atoms with van der Waals surface area (Å²) >= 11 is 0.959. The molecule has 17 heteroatoms. The summed E-state index contributed by atoms with van der Waals surface area (Å²) in [5.74, 6) is -3.79. The van der Waals surface area contributed by atoms with Gasteiger partial charge in [-0.1, -0.05) is 5.16 Å². The van der Waals surface area contributed by atoms with Gasteiger partial charge in [-0.25, -0.2) is 14.1 Å². The Hall–Kier alpha value is -3.31. The first-order chi connectivity index (χ1) is 16.2. The molecule has 1 aromatic heterocycles. The van der Waals surface area contributed by atoms with Gasteiger partial charge in [-0.3, -0.25) is 18.9 Å². The zero-order chi connectivity index (χ0) is 26.1. The maximum absolute atomic E-state index is 13.0. The van der Waals surface area contributed by atoms with Gasteiger partial charge < -0.3 is 25.9 Å². The van der Waals surface area contributed by atoms with E-state index in [9.17, 15) is 37.3 Å². The van der Waals surface area contributed by atoms with Crippen molar-refractivity contribution in [3.05, 3.63) is 11.1 Å². The average Bonchev–Trinajstić information content (AvgIpc) is 3.17. The Morgan fingerprint density at radius 3 is 2.60 bits per heavy atom. The van der Waals surface area contributed by atoms with Gasteiger partial charge in [-0.2, -0.15) is 8.42 Å². The van der Waals surface area contributed by atoms with Crippen LogP contribution in [-0.2, 0) is 34.3 Å². The topological polar surface area (TPSA) is 222 Å². The number of nitrogens with two attached hydrogens (primary N) is 1. The molecule has 3 rings (SSSR count). The fraction of sp³-hybridized carbons (Fsp3) is 0.556. The number of nitrogens with zero attached hydrogens (tertiary/aromatic N) is 4. The second-order valence-corrected chi connectivity index (χ2v) is 10.5. The fourth-order valence-corrected chi connectivity index (χ4v) is 4.85. The van der Waals surface area contributed by atoms with E-state index in [-0.39, 0.29) is 34.0 Å². The van der Waals surface area contributed by atoms with Crippen LogP contribution in [0.3, 0.4) is 0 Å². The number of oxime groups is 1. The SMILES string of the molecule is CC(C)(O/N=C(\C(=O)NC1C(=O)N(S(=O)(=O)O)C1CN1CCCCC1=O)c1csc(N)n1)C(=O)O. The Morgan fingerprint density at radius 2 is 2.06 bits per heavy atom. The van der Waals surface area contributed by atoms with Crippen LogP contribution in [0, 0.1) is 0 Å². The average molecular weight is 533 g/mol. The van der Waals surface area contributed by atoms with Crippen molar-refractivity contribution in [2.45, 2.75) is 50.8 Å². The molecule has 2 fully saturated rings. The summed E-state index contributed by atoms with van der Waals surface area (Å²) in [5.41, 5.74) is 3.19. The molecule has 15 nitrogen and oxygen atoms in total. The second-order valence-electron chi connectivity index (χ2n) is 8.34. The first-order valence-corrected chi connectivity index (χ1v) is 12.6. The van der Waals surface area contributed by atoms with Gasteiger partial charge in [0.25, 0.3) is 11.8 Å². The third kappa shape index (κ3) is 5.68. The molecule has 0 spiro atoms. The van der Waals surface area contributed by atoms with Crippen LogP contribution in [-0.4, -0.2) is 92.4 Å². The highest BCUT2D eigenvalue weighted by atomic mass is 32.2. The van der Waals surface area contributed by atoms with Crippen molar-refractivity contribution in [3.8, 4) is 0 Å². The van der Waals surface area contributed by atoms with E-state index in [0.717, 1.165) is 11.3 Å². The molecule has 2 aliphatic heterocycles. The van der Waals surface area contributed by atoms with E-state index in [1.807, 2.05) is 0 Å². The number of aliphatic carboxylic acids is 1. The zero-order valence-corrected chi connectivity index (χ0v) is 20.3. The molecule has 0 aromatic carbocycles. The number of aromatic nitrogens is 1. The van der Waals surface area contributed by atoms with Crippen LogP contribution in [0.1, 0.15) is 38.8 Å². The molecule has 1 aromatic rings. The molecular formula is C18H24N6O9S2. The summed E-state index contributed by atoms with van der Waals surface area (Å²) in [5, 5.41) is 16.6. The van der Waals surface area contributed by atoms with E-state index in [4.69, 9.17) is 10.6 Å². The lowest BCUT2D eigenvalue weighted by Gasteiger charge is -2.46. The van der Waals surface area contributed by atoms with E-state index < -0.39 is 51.5 Å². The van der Waals surface area contributed by atoms with E-state index in [1.54, 1.807) is 0 Å². The van der Waals surface area contributed by atoms with Gasteiger partial charge >= 0.3 is 16.3 Å². The molecule has 3 amide bonds. The number of nitrogens with one attached hydrogen (secondary N) is 1. The monoisotopic (exact) mass is 532 g/mol. The highest BCUT2D eigenvalue weighted by Gasteiger charge is 2.55. The molecular weight excluding hydrogens is 508 g/mol. The van der Waals surface area contributed by atoms with Crippen LogP contribution in [0.25, 0.3) is 0 Å². The Labute approximate surface area is 203 Å². The van der Waals surface area contributed by atoms with Crippen molar-refractivity contribution in [2.75, 3.05) is 18.8 Å². The first kappa shape index (κ1) is 26.3. The smallest absolute Gasteiger partial charge is 0.362 e. The summed E-state index contributed by atoms with van der Waals surface area (Å²) in [6.07, 6.45) is 1.60. The van der Waals surface area contributed by atoms with E-state index >= 15 is 0 Å². The van der Waals surface area contributed by atoms with E-state index in [0.29, 0.717) is 19.4 Å². The molecule has 0 saturated carbocycles. The molecule has 0 aliphatic carbocycles. The standard InChI is InChI=1S/C18H24N6O9S2/c1-18(2,16(28)29)33-22-12(9-8-34-17(19)20-9)14(26)21-13-10(24(15(13)27)35(30,31)32)7-23-6-4-3-5-11(23)25/h8,10,13H,3-7H2,1-2H3,(H2,19,20)(H,21,26)(H,28,29)(H,30,31,32)/b22-12-. The van der Waals surface area contributed by atoms with Crippen molar-refractivity contribution in [3.63, 3.8) is 0 Å². The number of anilines is 1. The van der Waals surface area contributed by atoms with Crippen molar-refractivity contribution < 1.29 is 42.1 Å². The van der Waals surface area contributed by atoms with Crippen molar-refractivity contribution in [2.24, 2.45) is 5.16 Å². The lowest BCUT2D eigenvalue weighted by Crippen LogP contribution is -2.75. The Balaban J connectivity index is 1.87. The van der Waals surface area contributed by atoms with Gasteiger partial charge in [-0.05, 0) is 26.7 Å². The molecule has 3 heterocycles. The number of hydrogen-bond donors (Lipinski definition) is 4. The number of carboxylic acids is 1. The summed E-state index contributed by atoms with van der Waals surface area (Å²) in [7, 11) is -4.96. The number of likely N-dealkylation sites (tertiary alicyclic amines) is 1. The minimum absolute atomic E-state index is 0.0664. The highest BCUT2D eigenvalue weighted by Crippen LogP contribution is 2.26. The van der Waals surface area contributed by atoms with Crippen LogP contribution < -0.4 is 11.1 Å². The van der Waals surface area contributed by atoms with E-state index in [1.165, 1.54) is 24.1 Å². The molecule has 0 radical (unpaired) electrons. The molecule has 5 N–H and O–H groups in total. The van der Waals surface area contributed by atoms with Crippen LogP contribution in [0.4, 0.5) is 5.13 Å². The molecule has 2 aliphatic rings. The summed E-state index contributed by atoms with van der Waals surface area (Å²) in [6.45, 7) is 2.46. The molecule has 2 unspecified atom stereocenters. The van der Waals surface area contributed by atoms with Crippen LogP contribution in [0.5, 0.6) is 0 Å². The lowest BCUT2D eigenvalue weighted by molar-refractivity contribution is -0.161. The molecule has 0 bridgehead atoms. The molecule has 35 heavy (non-hydrogen) atoms. The summed E-state index contributed by atoms with van der Waals surface area (Å²) < 4.78 is 33.2. The zero-order valence-electron chi connectivity index (χ0n) is 18.7. The van der Waals surface area contributed by atoms with Crippen LogP contribution in [0.2, 0.25) is 0 Å². The maximum Gasteiger partial charge on any atom is 0.362 e. The van der Waals surface area contributed by atoms with Crippen molar-refractivity contribution in [1.82, 2.24) is 19.5 Å². The predicted octanol–water partition coefficient (Wildman–Crippen LogP) is -1.18. The Morgan fingerprint density at radius 1 is 1.37 bits per heavy atom. The predicted molar refractivity (Wildman–Crippen MR) is 120 cm³/mol. The molecule has 2 saturated heterocycles. The number of amides is 3. The van der Waals surface area contributed by atoms with E-state index in [2.05, 4.69) is 15.5 Å². The first-order valence-electron chi connectivity index (χ1n) is 10.3. The fourth-order valence-electron chi connectivity index (χ4n) is 3.43. The number of thiazole rings is 1. The van der Waals surface area contributed by atoms with Gasteiger partial charge in [0.1, 0.15) is 11.7 Å². The van der Waals surface area contributed by atoms with Gasteiger partial charge in [-0.15, -0.1) is 11.3 Å². The van der Waals surface area contributed by atoms with Crippen LogP contribution >= 0.6 is 11.3 Å². The number of carbonyl (C=O) groups is 4. The van der Waals surface area contributed by atoms with Crippen molar-refractivity contribution >= 4 is 56.2 Å². The van der Waals surface area contributed by atoms with Gasteiger partial charge in [0.15, 0.2) is 10.8 Å². The molecule has 192 valence electrons. The van der Waals surface area contributed by atoms with Gasteiger partial charge in [0, 0.05) is 24.9 Å². The quantitative estimate of drug-likeness (QED) is 0.128. The van der Waals surface area contributed by atoms with Crippen molar-refractivity contribution in [1.29, 1.82) is 0 Å². The second kappa shape index (κ2) is 9.74. The number of hydrogen-bond acceptors (Lipinski definition) is 11. The number of rotatable bonds is 9. The number of β-lactam (4-membered cyclic amide) rings is 1. The summed E-state index contributed by atoms with van der Waals surface area (Å²) in [4.78, 5) is 59.4. The molecule has 2 atom stereocenters. The minimum Gasteiger partial charge on any atom is -0.478 e. The number of nitrogen functional groups attached to an aromatic ring is 1. The maximum atomic E-state index is 13.0. The Kier molecular flexibility index (Phi) is 7.32. The highest BCUT2D eigenvalue weighted by molar-refractivity contribution is 7.84. The number of carbonyl (C=O) groups excluding carboxylic acids is 3. The number of piperidine rings is 1. The normalized spacial score (nSPS) is 21.5. The largest absolute Gasteiger partial charge is 0.478 e. The van der Waals surface area contributed by atoms with Gasteiger partial charge in [0.2, 0.25) is 11.5 Å². The summed E-state index contributed by atoms with van der Waals surface area (Å²) in [6, 6.07) is -2.71. The van der Waals surface area contributed by atoms with Gasteiger partial charge in [0.05, 0.1) is 6.04 Å². The minimum atomic E-state index is -4.96. The third-order valence-electron chi connectivity index (χ3n) is 5.39. The number of carboxylic acid groups (broad SMARTS) is 1. The lowest BCUT2D eigenvalue weighted by atomic mass is 9.96. The van der Waals surface area contributed by atoms with Crippen LogP contribution in [0.15, 0.2) is 10.5 Å². The Bertz CT molecular complexity index is 1180. The third-order valence-corrected chi connectivity index (χ3v) is 7.01.